The van der Waals surface area contributed by atoms with Gasteiger partial charge in [0.2, 0.25) is 0 Å². The van der Waals surface area contributed by atoms with Gasteiger partial charge in [0.25, 0.3) is 0 Å². The van der Waals surface area contributed by atoms with Crippen molar-refractivity contribution in [2.75, 3.05) is 0 Å². The lowest BCUT2D eigenvalue weighted by molar-refractivity contribution is 0.264. The first-order valence-electron chi connectivity index (χ1n) is 6.99. The van der Waals surface area contributed by atoms with Gasteiger partial charge in [0.1, 0.15) is 0 Å². The molecule has 0 N–H and O–H groups in total. The largest absolute Gasteiger partial charge is 0.0654 e. The minimum Gasteiger partial charge on any atom is -0.0654 e. The average Bonchev–Trinajstić information content (AvgIpc) is 2.10. The Morgan fingerprint density at radius 3 is 1.93 bits per heavy atom. The van der Waals surface area contributed by atoms with Crippen LogP contribution < -0.4 is 0 Å². The van der Waals surface area contributed by atoms with Crippen molar-refractivity contribution in [2.45, 2.75) is 86.0 Å². The zero-order valence-electron chi connectivity index (χ0n) is 11.7. The van der Waals surface area contributed by atoms with Crippen LogP contribution in [0.15, 0.2) is 0 Å². The topological polar surface area (TPSA) is 0 Å². The van der Waals surface area contributed by atoms with Crippen molar-refractivity contribution in [3.05, 3.63) is 0 Å². The molecular formula is C15H32. The molecule has 0 amide bonds. The highest BCUT2D eigenvalue weighted by Crippen LogP contribution is 2.30. The highest BCUT2D eigenvalue weighted by atomic mass is 14.2. The molecule has 0 radical (unpaired) electrons. The van der Waals surface area contributed by atoms with E-state index in [0.717, 1.165) is 5.92 Å². The monoisotopic (exact) mass is 212 g/mol. The smallest absolute Gasteiger partial charge is 0.0380 e. The Morgan fingerprint density at radius 2 is 1.47 bits per heavy atom. The van der Waals surface area contributed by atoms with Gasteiger partial charge in [-0.15, -0.1) is 0 Å². The van der Waals surface area contributed by atoms with E-state index in [0.29, 0.717) is 5.41 Å². The second-order valence-corrected chi connectivity index (χ2v) is 6.27. The summed E-state index contributed by atoms with van der Waals surface area (Å²) in [5, 5.41) is 0. The van der Waals surface area contributed by atoms with Crippen LogP contribution in [0.5, 0.6) is 0 Å². The third kappa shape index (κ3) is 10.3. The van der Waals surface area contributed by atoms with Crippen LogP contribution in [0.4, 0.5) is 0 Å². The first-order valence-corrected chi connectivity index (χ1v) is 6.99. The van der Waals surface area contributed by atoms with Crippen LogP contribution in [-0.2, 0) is 0 Å². The van der Waals surface area contributed by atoms with Gasteiger partial charge in [0.15, 0.2) is 0 Å². The Labute approximate surface area is 97.8 Å². The minimum atomic E-state index is 0.518. The van der Waals surface area contributed by atoms with Gasteiger partial charge in [-0.1, -0.05) is 79.6 Å². The van der Waals surface area contributed by atoms with E-state index in [2.05, 4.69) is 34.6 Å². The SMILES string of the molecule is CCCCCCC(CCC)CC(C)(C)C. The van der Waals surface area contributed by atoms with E-state index in [1.165, 1.54) is 51.4 Å². The summed E-state index contributed by atoms with van der Waals surface area (Å²) in [6, 6.07) is 0. The number of hydrogen-bond donors (Lipinski definition) is 0. The maximum atomic E-state index is 2.38. The first-order chi connectivity index (χ1) is 6.99. The van der Waals surface area contributed by atoms with Gasteiger partial charge in [-0.3, -0.25) is 0 Å². The van der Waals surface area contributed by atoms with Crippen molar-refractivity contribution in [2.24, 2.45) is 11.3 Å². The molecule has 0 aromatic rings. The van der Waals surface area contributed by atoms with E-state index in [1.54, 1.807) is 0 Å². The summed E-state index contributed by atoms with van der Waals surface area (Å²) >= 11 is 0. The molecule has 1 unspecified atom stereocenters. The Morgan fingerprint density at radius 1 is 0.800 bits per heavy atom. The van der Waals surface area contributed by atoms with Crippen molar-refractivity contribution >= 4 is 0 Å². The Bertz CT molecular complexity index is 129. The van der Waals surface area contributed by atoms with E-state index >= 15 is 0 Å². The van der Waals surface area contributed by atoms with Gasteiger partial charge in [-0.25, -0.2) is 0 Å². The van der Waals surface area contributed by atoms with Crippen LogP contribution in [-0.4, -0.2) is 0 Å². The van der Waals surface area contributed by atoms with Crippen molar-refractivity contribution < 1.29 is 0 Å². The van der Waals surface area contributed by atoms with Crippen LogP contribution >= 0.6 is 0 Å². The first kappa shape index (κ1) is 15.0. The fraction of sp³-hybridized carbons (Fsp3) is 1.00. The molecule has 0 nitrogen and oxygen atoms in total. The second-order valence-electron chi connectivity index (χ2n) is 6.27. The average molecular weight is 212 g/mol. The second kappa shape index (κ2) is 8.19. The van der Waals surface area contributed by atoms with Crippen LogP contribution in [0.3, 0.4) is 0 Å². The molecule has 0 aromatic carbocycles. The van der Waals surface area contributed by atoms with Crippen molar-refractivity contribution in [3.63, 3.8) is 0 Å². The molecule has 15 heavy (non-hydrogen) atoms. The highest BCUT2D eigenvalue weighted by molar-refractivity contribution is 4.69. The molecule has 0 heterocycles. The fourth-order valence-electron chi connectivity index (χ4n) is 2.48. The van der Waals surface area contributed by atoms with E-state index in [9.17, 15) is 0 Å². The van der Waals surface area contributed by atoms with E-state index < -0.39 is 0 Å². The van der Waals surface area contributed by atoms with E-state index in [4.69, 9.17) is 0 Å². The lowest BCUT2D eigenvalue weighted by Crippen LogP contribution is -2.13. The van der Waals surface area contributed by atoms with Gasteiger partial charge < -0.3 is 0 Å². The van der Waals surface area contributed by atoms with Gasteiger partial charge in [0, 0.05) is 0 Å². The molecule has 0 heteroatoms. The van der Waals surface area contributed by atoms with Gasteiger partial charge in [-0.2, -0.15) is 0 Å². The molecule has 0 fully saturated rings. The zero-order valence-corrected chi connectivity index (χ0v) is 11.7. The predicted octanol–water partition coefficient (Wildman–Crippen LogP) is 5.81. The molecule has 0 aromatic heterocycles. The van der Waals surface area contributed by atoms with Gasteiger partial charge in [-0.05, 0) is 17.8 Å². The lowest BCUT2D eigenvalue weighted by Gasteiger charge is -2.25. The summed E-state index contributed by atoms with van der Waals surface area (Å²) in [4.78, 5) is 0. The minimum absolute atomic E-state index is 0.518. The van der Waals surface area contributed by atoms with Gasteiger partial charge in [0.05, 0.1) is 0 Å². The lowest BCUT2D eigenvalue weighted by atomic mass is 9.80. The van der Waals surface area contributed by atoms with Crippen LogP contribution in [0.25, 0.3) is 0 Å². The fourth-order valence-corrected chi connectivity index (χ4v) is 2.48. The normalized spacial score (nSPS) is 14.2. The molecule has 0 aliphatic heterocycles. The Hall–Kier alpha value is 0. The molecule has 1 atom stereocenters. The molecule has 0 rings (SSSR count). The quantitative estimate of drug-likeness (QED) is 0.445. The number of rotatable bonds is 8. The highest BCUT2D eigenvalue weighted by Gasteiger charge is 2.17. The van der Waals surface area contributed by atoms with E-state index in [1.807, 2.05) is 0 Å². The molecule has 0 saturated carbocycles. The molecule has 92 valence electrons. The van der Waals surface area contributed by atoms with Crippen molar-refractivity contribution in [1.29, 1.82) is 0 Å². The molecular weight excluding hydrogens is 180 g/mol. The van der Waals surface area contributed by atoms with Crippen LogP contribution in [0.2, 0.25) is 0 Å². The summed E-state index contributed by atoms with van der Waals surface area (Å²) in [6.45, 7) is 11.7. The maximum Gasteiger partial charge on any atom is -0.0380 e. The Kier molecular flexibility index (Phi) is 8.19. The Balaban J connectivity index is 3.73. The summed E-state index contributed by atoms with van der Waals surface area (Å²) < 4.78 is 0. The maximum absolute atomic E-state index is 2.38. The summed E-state index contributed by atoms with van der Waals surface area (Å²) in [5.74, 6) is 0.979. The standard InChI is InChI=1S/C15H32/c1-6-8-9-10-12-14(11-7-2)13-15(3,4)5/h14H,6-13H2,1-5H3. The van der Waals surface area contributed by atoms with E-state index in [-0.39, 0.29) is 0 Å². The number of unbranched alkanes of at least 4 members (excludes halogenated alkanes) is 3. The summed E-state index contributed by atoms with van der Waals surface area (Å²) in [7, 11) is 0. The molecule has 0 aliphatic carbocycles. The molecule has 0 aliphatic rings. The van der Waals surface area contributed by atoms with Crippen LogP contribution in [0, 0.1) is 11.3 Å². The van der Waals surface area contributed by atoms with Crippen molar-refractivity contribution in [1.82, 2.24) is 0 Å². The summed E-state index contributed by atoms with van der Waals surface area (Å²) in [6.07, 6.45) is 11.3. The summed E-state index contributed by atoms with van der Waals surface area (Å²) in [5.41, 5.74) is 0.518. The number of hydrogen-bond acceptors (Lipinski definition) is 0. The molecule has 0 spiro atoms. The third-order valence-corrected chi connectivity index (χ3v) is 3.06. The van der Waals surface area contributed by atoms with Gasteiger partial charge >= 0.3 is 0 Å². The molecule has 0 bridgehead atoms. The van der Waals surface area contributed by atoms with Crippen LogP contribution in [0.1, 0.15) is 86.0 Å². The molecule has 0 saturated heterocycles. The van der Waals surface area contributed by atoms with Crippen molar-refractivity contribution in [3.8, 4) is 0 Å². The zero-order chi connectivity index (χ0) is 11.7. The third-order valence-electron chi connectivity index (χ3n) is 3.06. The predicted molar refractivity (Wildman–Crippen MR) is 71.2 cm³/mol.